The van der Waals surface area contributed by atoms with E-state index in [0.29, 0.717) is 35.8 Å². The van der Waals surface area contributed by atoms with E-state index in [4.69, 9.17) is 19.5 Å². The van der Waals surface area contributed by atoms with E-state index in [1.807, 2.05) is 13.0 Å². The number of methoxy groups -OCH3 is 1. The zero-order chi connectivity index (χ0) is 15.0. The summed E-state index contributed by atoms with van der Waals surface area (Å²) < 4.78 is 15.6. The number of rotatable bonds is 6. The zero-order valence-electron chi connectivity index (χ0n) is 11.8. The Labute approximate surface area is 118 Å². The van der Waals surface area contributed by atoms with Crippen molar-refractivity contribution >= 4 is 11.7 Å². The van der Waals surface area contributed by atoms with E-state index in [0.717, 1.165) is 0 Å². The van der Waals surface area contributed by atoms with E-state index in [-0.39, 0.29) is 0 Å². The van der Waals surface area contributed by atoms with Crippen molar-refractivity contribution in [2.75, 3.05) is 20.3 Å². The fraction of sp³-hybridized carbons (Fsp3) is 0.333. The molecule has 0 heterocycles. The SMILES string of the molecule is CCOC(=O)/C=C(/OCC)c1ccc(C#N)cc1OC. The second kappa shape index (κ2) is 7.85. The van der Waals surface area contributed by atoms with Gasteiger partial charge in [-0.15, -0.1) is 0 Å². The number of hydrogen-bond donors (Lipinski definition) is 0. The lowest BCUT2D eigenvalue weighted by molar-refractivity contribution is -0.137. The van der Waals surface area contributed by atoms with Crippen LogP contribution < -0.4 is 4.74 Å². The Hall–Kier alpha value is -2.48. The standard InChI is InChI=1S/C15H17NO4/c1-4-19-14(9-15(17)20-5-2)12-7-6-11(10-16)8-13(12)18-3/h6-9H,4-5H2,1-3H3/b14-9+. The van der Waals surface area contributed by atoms with Crippen LogP contribution >= 0.6 is 0 Å². The Morgan fingerprint density at radius 2 is 2.00 bits per heavy atom. The molecule has 5 nitrogen and oxygen atoms in total. The number of nitriles is 1. The molecule has 5 heteroatoms. The number of benzene rings is 1. The first-order valence-electron chi connectivity index (χ1n) is 6.26. The minimum Gasteiger partial charge on any atom is -0.496 e. The molecule has 0 fully saturated rings. The summed E-state index contributed by atoms with van der Waals surface area (Å²) in [6, 6.07) is 6.93. The number of hydrogen-bond acceptors (Lipinski definition) is 5. The molecule has 20 heavy (non-hydrogen) atoms. The third-order valence-electron chi connectivity index (χ3n) is 2.43. The first-order chi connectivity index (χ1) is 9.65. The van der Waals surface area contributed by atoms with Crippen LogP contribution in [0.1, 0.15) is 25.0 Å². The molecule has 106 valence electrons. The van der Waals surface area contributed by atoms with Gasteiger partial charge in [-0.05, 0) is 32.0 Å². The van der Waals surface area contributed by atoms with Crippen molar-refractivity contribution in [2.45, 2.75) is 13.8 Å². The summed E-state index contributed by atoms with van der Waals surface area (Å²) in [5.74, 6) is 0.336. The normalized spacial score (nSPS) is 10.6. The van der Waals surface area contributed by atoms with Crippen LogP contribution in [0, 0.1) is 11.3 Å². The van der Waals surface area contributed by atoms with Gasteiger partial charge in [-0.1, -0.05) is 0 Å². The predicted octanol–water partition coefficient (Wildman–Crippen LogP) is 2.51. The van der Waals surface area contributed by atoms with Gasteiger partial charge < -0.3 is 14.2 Å². The predicted molar refractivity (Wildman–Crippen MR) is 73.9 cm³/mol. The third kappa shape index (κ3) is 4.02. The van der Waals surface area contributed by atoms with Crippen molar-refractivity contribution in [1.29, 1.82) is 5.26 Å². The summed E-state index contributed by atoms with van der Waals surface area (Å²) in [5.41, 5.74) is 1.07. The summed E-state index contributed by atoms with van der Waals surface area (Å²) >= 11 is 0. The van der Waals surface area contributed by atoms with Crippen molar-refractivity contribution in [3.63, 3.8) is 0 Å². The highest BCUT2D eigenvalue weighted by atomic mass is 16.5. The lowest BCUT2D eigenvalue weighted by Crippen LogP contribution is -2.04. The average molecular weight is 275 g/mol. The molecule has 0 atom stereocenters. The van der Waals surface area contributed by atoms with Gasteiger partial charge in [0.05, 0.1) is 43.6 Å². The monoisotopic (exact) mass is 275 g/mol. The lowest BCUT2D eigenvalue weighted by atomic mass is 10.1. The molecule has 1 rings (SSSR count). The van der Waals surface area contributed by atoms with Crippen LogP contribution in [0.15, 0.2) is 24.3 Å². The maximum atomic E-state index is 11.6. The fourth-order valence-electron chi connectivity index (χ4n) is 1.61. The molecule has 0 aromatic heterocycles. The summed E-state index contributed by atoms with van der Waals surface area (Å²) in [6.45, 7) is 4.23. The average Bonchev–Trinajstić information content (AvgIpc) is 2.46. The van der Waals surface area contributed by atoms with Crippen molar-refractivity contribution in [3.05, 3.63) is 35.4 Å². The van der Waals surface area contributed by atoms with E-state index in [2.05, 4.69) is 0 Å². The highest BCUT2D eigenvalue weighted by molar-refractivity contribution is 5.90. The molecule has 0 saturated heterocycles. The van der Waals surface area contributed by atoms with Crippen molar-refractivity contribution in [1.82, 2.24) is 0 Å². The Morgan fingerprint density at radius 1 is 1.30 bits per heavy atom. The van der Waals surface area contributed by atoms with Gasteiger partial charge in [-0.3, -0.25) is 0 Å². The van der Waals surface area contributed by atoms with Crippen LogP contribution in [0.2, 0.25) is 0 Å². The van der Waals surface area contributed by atoms with Crippen LogP contribution in [0.3, 0.4) is 0 Å². The van der Waals surface area contributed by atoms with Crippen LogP contribution in [0.5, 0.6) is 5.75 Å². The van der Waals surface area contributed by atoms with Crippen molar-refractivity contribution in [2.24, 2.45) is 0 Å². The molecule has 0 spiro atoms. The Kier molecular flexibility index (Phi) is 6.11. The van der Waals surface area contributed by atoms with Crippen LogP contribution in [-0.4, -0.2) is 26.3 Å². The second-order valence-corrected chi connectivity index (χ2v) is 3.72. The van der Waals surface area contributed by atoms with Crippen LogP contribution in [-0.2, 0) is 14.3 Å². The van der Waals surface area contributed by atoms with Gasteiger partial charge in [0, 0.05) is 0 Å². The van der Waals surface area contributed by atoms with Crippen molar-refractivity contribution in [3.8, 4) is 11.8 Å². The lowest BCUT2D eigenvalue weighted by Gasteiger charge is -2.13. The number of ether oxygens (including phenoxy) is 3. The maximum Gasteiger partial charge on any atom is 0.334 e. The maximum absolute atomic E-state index is 11.6. The van der Waals surface area contributed by atoms with E-state index in [1.165, 1.54) is 13.2 Å². The first kappa shape index (κ1) is 15.6. The topological polar surface area (TPSA) is 68.5 Å². The molecular formula is C15H17NO4. The summed E-state index contributed by atoms with van der Waals surface area (Å²) in [5, 5.41) is 8.88. The fourth-order valence-corrected chi connectivity index (χ4v) is 1.61. The highest BCUT2D eigenvalue weighted by Crippen LogP contribution is 2.28. The molecule has 0 aliphatic rings. The van der Waals surface area contributed by atoms with Gasteiger partial charge in [0.15, 0.2) is 0 Å². The van der Waals surface area contributed by atoms with Gasteiger partial charge in [-0.25, -0.2) is 4.79 Å². The molecule has 0 N–H and O–H groups in total. The third-order valence-corrected chi connectivity index (χ3v) is 2.43. The quantitative estimate of drug-likeness (QED) is 0.453. The smallest absolute Gasteiger partial charge is 0.334 e. The number of carbonyl (C=O) groups is 1. The van der Waals surface area contributed by atoms with E-state index < -0.39 is 5.97 Å². The molecule has 0 unspecified atom stereocenters. The molecule has 0 saturated carbocycles. The molecule has 0 bridgehead atoms. The molecular weight excluding hydrogens is 258 g/mol. The van der Waals surface area contributed by atoms with Gasteiger partial charge in [0.25, 0.3) is 0 Å². The van der Waals surface area contributed by atoms with Gasteiger partial charge in [0.2, 0.25) is 0 Å². The Bertz CT molecular complexity index is 543. The van der Waals surface area contributed by atoms with E-state index >= 15 is 0 Å². The molecule has 0 aliphatic heterocycles. The Morgan fingerprint density at radius 3 is 2.55 bits per heavy atom. The molecule has 0 radical (unpaired) electrons. The number of nitrogens with zero attached hydrogens (tertiary/aromatic N) is 1. The minimum atomic E-state index is -0.484. The Balaban J connectivity index is 3.21. The molecule has 0 amide bonds. The molecule has 1 aromatic rings. The van der Waals surface area contributed by atoms with Gasteiger partial charge >= 0.3 is 5.97 Å². The molecule has 1 aromatic carbocycles. The molecule has 0 aliphatic carbocycles. The number of carbonyl (C=O) groups excluding carboxylic acids is 1. The largest absolute Gasteiger partial charge is 0.496 e. The summed E-state index contributed by atoms with van der Waals surface area (Å²) in [7, 11) is 1.49. The first-order valence-corrected chi connectivity index (χ1v) is 6.26. The van der Waals surface area contributed by atoms with Gasteiger partial charge in [-0.2, -0.15) is 5.26 Å². The summed E-state index contributed by atoms with van der Waals surface area (Å²) in [4.78, 5) is 11.6. The van der Waals surface area contributed by atoms with E-state index in [9.17, 15) is 4.79 Å². The zero-order valence-corrected chi connectivity index (χ0v) is 11.8. The van der Waals surface area contributed by atoms with E-state index in [1.54, 1.807) is 25.1 Å². The van der Waals surface area contributed by atoms with Crippen molar-refractivity contribution < 1.29 is 19.0 Å². The minimum absolute atomic E-state index is 0.291. The highest BCUT2D eigenvalue weighted by Gasteiger charge is 2.13. The van der Waals surface area contributed by atoms with Crippen LogP contribution in [0.25, 0.3) is 5.76 Å². The van der Waals surface area contributed by atoms with Crippen LogP contribution in [0.4, 0.5) is 0 Å². The number of esters is 1. The second-order valence-electron chi connectivity index (χ2n) is 3.72. The summed E-state index contributed by atoms with van der Waals surface area (Å²) in [6.07, 6.45) is 1.27. The van der Waals surface area contributed by atoms with Gasteiger partial charge in [0.1, 0.15) is 11.5 Å².